The number of hydrogen-bond donors (Lipinski definition) is 0. The molecule has 1 aliphatic rings. The Morgan fingerprint density at radius 3 is 3.00 bits per heavy atom. The molecule has 5 heteroatoms. The van der Waals surface area contributed by atoms with Crippen molar-refractivity contribution in [1.82, 2.24) is 9.88 Å². The number of thioether (sulfide) groups is 1. The molecule has 1 atom stereocenters. The lowest BCUT2D eigenvalue weighted by Gasteiger charge is -2.23. The van der Waals surface area contributed by atoms with Crippen LogP contribution < -0.4 is 0 Å². The van der Waals surface area contributed by atoms with E-state index in [2.05, 4.69) is 27.4 Å². The Kier molecular flexibility index (Phi) is 4.93. The van der Waals surface area contributed by atoms with Crippen LogP contribution >= 0.6 is 23.1 Å². The summed E-state index contributed by atoms with van der Waals surface area (Å²) in [7, 11) is 0. The van der Waals surface area contributed by atoms with E-state index in [9.17, 15) is 4.79 Å². The summed E-state index contributed by atoms with van der Waals surface area (Å²) in [5.41, 5.74) is 1.22. The molecule has 2 aromatic rings. The fourth-order valence-electron chi connectivity index (χ4n) is 2.66. The van der Waals surface area contributed by atoms with Crippen molar-refractivity contribution >= 4 is 29.0 Å². The zero-order chi connectivity index (χ0) is 14.5. The first-order valence-electron chi connectivity index (χ1n) is 7.14. The van der Waals surface area contributed by atoms with Gasteiger partial charge in [-0.25, -0.2) is 0 Å². The Hall–Kier alpha value is -1.33. The van der Waals surface area contributed by atoms with Crippen LogP contribution in [0.25, 0.3) is 0 Å². The molecule has 0 spiro atoms. The zero-order valence-corrected chi connectivity index (χ0v) is 13.4. The number of rotatable bonds is 5. The van der Waals surface area contributed by atoms with Gasteiger partial charge in [-0.1, -0.05) is 6.07 Å². The minimum absolute atomic E-state index is 0.268. The molecule has 3 nitrogen and oxygen atoms in total. The highest BCUT2D eigenvalue weighted by atomic mass is 32.2. The van der Waals surface area contributed by atoms with Gasteiger partial charge in [-0.15, -0.1) is 23.1 Å². The van der Waals surface area contributed by atoms with E-state index >= 15 is 0 Å². The van der Waals surface area contributed by atoms with Crippen molar-refractivity contribution in [3.8, 4) is 0 Å². The number of nitrogens with zero attached hydrogens (tertiary/aromatic N) is 2. The van der Waals surface area contributed by atoms with E-state index in [1.165, 1.54) is 10.4 Å². The van der Waals surface area contributed by atoms with Crippen LogP contribution in [-0.2, 0) is 10.5 Å². The van der Waals surface area contributed by atoms with Gasteiger partial charge in [0.05, 0.1) is 11.8 Å². The Bertz CT molecular complexity index is 571. The Balaban J connectivity index is 1.53. The van der Waals surface area contributed by atoms with Crippen molar-refractivity contribution in [2.75, 3.05) is 12.3 Å². The molecule has 1 fully saturated rings. The summed E-state index contributed by atoms with van der Waals surface area (Å²) in [6.45, 7) is 0.900. The summed E-state index contributed by atoms with van der Waals surface area (Å²) in [5, 5.41) is 2.09. The fourth-order valence-corrected chi connectivity index (χ4v) is 4.40. The molecule has 0 saturated carbocycles. The normalized spacial score (nSPS) is 18.1. The summed E-state index contributed by atoms with van der Waals surface area (Å²) < 4.78 is 0. The molecule has 3 rings (SSSR count). The van der Waals surface area contributed by atoms with Crippen LogP contribution in [0.1, 0.15) is 29.3 Å². The summed E-state index contributed by atoms with van der Waals surface area (Å²) in [6, 6.07) is 8.52. The number of amides is 1. The van der Waals surface area contributed by atoms with Crippen molar-refractivity contribution in [3.05, 3.63) is 52.5 Å². The molecule has 1 amide bonds. The number of carbonyl (C=O) groups is 1. The van der Waals surface area contributed by atoms with Crippen LogP contribution in [-0.4, -0.2) is 28.1 Å². The molecule has 0 N–H and O–H groups in total. The highest BCUT2D eigenvalue weighted by molar-refractivity contribution is 7.99. The predicted octanol–water partition coefficient (Wildman–Crippen LogP) is 3.74. The third-order valence-electron chi connectivity index (χ3n) is 3.69. The third-order valence-corrected chi connectivity index (χ3v) is 5.65. The number of thiophene rings is 1. The van der Waals surface area contributed by atoms with Gasteiger partial charge in [-0.2, -0.15) is 0 Å². The molecular formula is C16H18N2OS2. The molecule has 1 aliphatic heterocycles. The van der Waals surface area contributed by atoms with Gasteiger partial charge in [0.25, 0.3) is 0 Å². The van der Waals surface area contributed by atoms with E-state index < -0.39 is 0 Å². The lowest BCUT2D eigenvalue weighted by molar-refractivity contribution is -0.129. The number of carbonyl (C=O) groups excluding carboxylic acids is 1. The first-order chi connectivity index (χ1) is 10.3. The second-order valence-electron chi connectivity index (χ2n) is 5.11. The largest absolute Gasteiger partial charge is 0.334 e. The maximum Gasteiger partial charge on any atom is 0.233 e. The number of aromatic nitrogens is 1. The molecule has 110 valence electrons. The highest BCUT2D eigenvalue weighted by Gasteiger charge is 2.30. The van der Waals surface area contributed by atoms with Gasteiger partial charge in [0, 0.05) is 29.6 Å². The molecule has 0 radical (unpaired) electrons. The Labute approximate surface area is 133 Å². The van der Waals surface area contributed by atoms with Crippen molar-refractivity contribution in [1.29, 1.82) is 0 Å². The second kappa shape index (κ2) is 7.09. The van der Waals surface area contributed by atoms with Crippen molar-refractivity contribution < 1.29 is 4.79 Å². The van der Waals surface area contributed by atoms with E-state index in [0.29, 0.717) is 11.8 Å². The smallest absolute Gasteiger partial charge is 0.233 e. The number of pyridine rings is 1. The van der Waals surface area contributed by atoms with Gasteiger partial charge in [0.1, 0.15) is 0 Å². The van der Waals surface area contributed by atoms with Crippen LogP contribution in [0.5, 0.6) is 0 Å². The Morgan fingerprint density at radius 2 is 2.24 bits per heavy atom. The van der Waals surface area contributed by atoms with E-state index in [1.54, 1.807) is 35.5 Å². The van der Waals surface area contributed by atoms with Gasteiger partial charge in [0.15, 0.2) is 0 Å². The zero-order valence-electron chi connectivity index (χ0n) is 11.8. The Morgan fingerprint density at radius 1 is 1.38 bits per heavy atom. The standard InChI is InChI=1S/C16H18N2OS2/c19-16(12-20-11-13-5-7-17-8-6-13)18-9-1-3-14(18)15-4-2-10-21-15/h2,4-8,10,14H,1,3,9,11-12H2/t14-/m0/s1. The van der Waals surface area contributed by atoms with Gasteiger partial charge >= 0.3 is 0 Å². The van der Waals surface area contributed by atoms with Crippen LogP contribution in [0.3, 0.4) is 0 Å². The molecule has 0 aromatic carbocycles. The van der Waals surface area contributed by atoms with Crippen molar-refractivity contribution in [2.24, 2.45) is 0 Å². The highest BCUT2D eigenvalue weighted by Crippen LogP contribution is 2.34. The fraction of sp³-hybridized carbons (Fsp3) is 0.375. The summed E-state index contributed by atoms with van der Waals surface area (Å²) in [6.07, 6.45) is 5.81. The maximum atomic E-state index is 12.4. The molecule has 21 heavy (non-hydrogen) atoms. The molecule has 1 saturated heterocycles. The van der Waals surface area contributed by atoms with Crippen LogP contribution in [0, 0.1) is 0 Å². The second-order valence-corrected chi connectivity index (χ2v) is 7.07. The van der Waals surface area contributed by atoms with E-state index in [1.807, 2.05) is 12.1 Å². The lowest BCUT2D eigenvalue weighted by atomic mass is 10.2. The van der Waals surface area contributed by atoms with E-state index in [-0.39, 0.29) is 5.91 Å². The third kappa shape index (κ3) is 3.66. The summed E-state index contributed by atoms with van der Waals surface area (Å²) in [5.74, 6) is 1.70. The molecule has 0 bridgehead atoms. The number of likely N-dealkylation sites (tertiary alicyclic amines) is 1. The van der Waals surface area contributed by atoms with E-state index in [0.717, 1.165) is 25.1 Å². The molecule has 0 aliphatic carbocycles. The first kappa shape index (κ1) is 14.6. The number of hydrogen-bond acceptors (Lipinski definition) is 4. The topological polar surface area (TPSA) is 33.2 Å². The summed E-state index contributed by atoms with van der Waals surface area (Å²) >= 11 is 3.44. The summed E-state index contributed by atoms with van der Waals surface area (Å²) in [4.78, 5) is 19.8. The SMILES string of the molecule is O=C(CSCc1ccncc1)N1CCC[C@H]1c1cccs1. The van der Waals surface area contributed by atoms with Crippen molar-refractivity contribution in [3.63, 3.8) is 0 Å². The van der Waals surface area contributed by atoms with Crippen LogP contribution in [0.4, 0.5) is 0 Å². The van der Waals surface area contributed by atoms with Crippen LogP contribution in [0.15, 0.2) is 42.0 Å². The van der Waals surface area contributed by atoms with E-state index in [4.69, 9.17) is 0 Å². The molecule has 0 unspecified atom stereocenters. The molecule has 3 heterocycles. The van der Waals surface area contributed by atoms with Crippen LogP contribution in [0.2, 0.25) is 0 Å². The molecule has 2 aromatic heterocycles. The predicted molar refractivity (Wildman–Crippen MR) is 88.4 cm³/mol. The monoisotopic (exact) mass is 318 g/mol. The minimum Gasteiger partial charge on any atom is -0.334 e. The average Bonchev–Trinajstić information content (AvgIpc) is 3.19. The van der Waals surface area contributed by atoms with Crippen molar-refractivity contribution in [2.45, 2.75) is 24.6 Å². The van der Waals surface area contributed by atoms with Gasteiger partial charge in [-0.3, -0.25) is 9.78 Å². The van der Waals surface area contributed by atoms with Gasteiger partial charge in [-0.05, 0) is 42.0 Å². The maximum absolute atomic E-state index is 12.4. The quantitative estimate of drug-likeness (QED) is 0.842. The molecular weight excluding hydrogens is 300 g/mol. The first-order valence-corrected chi connectivity index (χ1v) is 9.17. The van der Waals surface area contributed by atoms with Gasteiger partial charge < -0.3 is 4.90 Å². The van der Waals surface area contributed by atoms with Gasteiger partial charge in [0.2, 0.25) is 5.91 Å². The minimum atomic E-state index is 0.268. The average molecular weight is 318 g/mol. The lowest BCUT2D eigenvalue weighted by Crippen LogP contribution is -2.31.